The van der Waals surface area contributed by atoms with Crippen molar-refractivity contribution in [3.05, 3.63) is 48.2 Å². The van der Waals surface area contributed by atoms with E-state index in [1.54, 1.807) is 12.3 Å². The molecule has 1 fully saturated rings. The van der Waals surface area contributed by atoms with Gasteiger partial charge in [0.05, 0.1) is 25.1 Å². The number of nitrogens with one attached hydrogen (secondary N) is 1. The lowest BCUT2D eigenvalue weighted by Crippen LogP contribution is -2.36. The molecule has 1 N–H and O–H groups in total. The summed E-state index contributed by atoms with van der Waals surface area (Å²) in [6, 6.07) is 11.6. The second-order valence-corrected chi connectivity index (χ2v) is 6.56. The van der Waals surface area contributed by atoms with Gasteiger partial charge in [0, 0.05) is 13.1 Å². The predicted molar refractivity (Wildman–Crippen MR) is 102 cm³/mol. The molecule has 1 saturated heterocycles. The van der Waals surface area contributed by atoms with Gasteiger partial charge in [0.15, 0.2) is 6.61 Å². The summed E-state index contributed by atoms with van der Waals surface area (Å²) < 4.78 is 10.9. The van der Waals surface area contributed by atoms with Crippen molar-refractivity contribution in [1.29, 1.82) is 0 Å². The fraction of sp³-hybridized carbons (Fsp3) is 0.400. The van der Waals surface area contributed by atoms with Crippen molar-refractivity contribution in [2.45, 2.75) is 19.8 Å². The summed E-state index contributed by atoms with van der Waals surface area (Å²) in [5.41, 5.74) is 2.28. The molecule has 0 atom stereocenters. The average molecular weight is 355 g/mol. The highest BCUT2D eigenvalue weighted by Crippen LogP contribution is 2.19. The number of benzene rings is 1. The minimum Gasteiger partial charge on any atom is -0.484 e. The maximum Gasteiger partial charge on any atom is 0.263 e. The Kier molecular flexibility index (Phi) is 6.07. The second-order valence-electron chi connectivity index (χ2n) is 6.56. The monoisotopic (exact) mass is 355 g/mol. The molecule has 0 unspecified atom stereocenters. The molecular formula is C20H25N3O3. The van der Waals surface area contributed by atoms with Crippen LogP contribution in [-0.4, -0.2) is 43.8 Å². The van der Waals surface area contributed by atoms with Crippen LogP contribution in [0.4, 0.5) is 11.5 Å². The standard InChI is InChI=1S/C20H25N3O3/c1-15(2)16-3-6-18(7-4-16)26-14-20(24)22-19-8-5-17(13-21-19)23-9-11-25-12-10-23/h3-8,13,15H,9-12,14H2,1-2H3,(H,21,22,24). The van der Waals surface area contributed by atoms with Crippen LogP contribution in [0.2, 0.25) is 0 Å². The number of nitrogens with zero attached hydrogens (tertiary/aromatic N) is 2. The zero-order valence-electron chi connectivity index (χ0n) is 15.3. The lowest BCUT2D eigenvalue weighted by molar-refractivity contribution is -0.118. The molecule has 1 aromatic heterocycles. The number of aromatic nitrogens is 1. The van der Waals surface area contributed by atoms with Gasteiger partial charge in [-0.25, -0.2) is 4.98 Å². The lowest BCUT2D eigenvalue weighted by atomic mass is 10.0. The number of rotatable bonds is 6. The van der Waals surface area contributed by atoms with E-state index in [-0.39, 0.29) is 12.5 Å². The van der Waals surface area contributed by atoms with E-state index in [1.165, 1.54) is 5.56 Å². The summed E-state index contributed by atoms with van der Waals surface area (Å²) in [5, 5.41) is 2.75. The van der Waals surface area contributed by atoms with Crippen LogP contribution in [0.1, 0.15) is 25.3 Å². The second kappa shape index (κ2) is 8.67. The number of hydrogen-bond donors (Lipinski definition) is 1. The number of carbonyl (C=O) groups excluding carboxylic acids is 1. The Morgan fingerprint density at radius 3 is 2.54 bits per heavy atom. The smallest absolute Gasteiger partial charge is 0.263 e. The summed E-state index contributed by atoms with van der Waals surface area (Å²) in [4.78, 5) is 18.6. The third-order valence-corrected chi connectivity index (χ3v) is 4.31. The third-order valence-electron chi connectivity index (χ3n) is 4.31. The number of carbonyl (C=O) groups is 1. The van der Waals surface area contributed by atoms with Crippen LogP contribution in [0.25, 0.3) is 0 Å². The maximum atomic E-state index is 12.0. The highest BCUT2D eigenvalue weighted by molar-refractivity contribution is 5.91. The summed E-state index contributed by atoms with van der Waals surface area (Å²) in [6.45, 7) is 7.41. The zero-order valence-corrected chi connectivity index (χ0v) is 15.3. The van der Waals surface area contributed by atoms with E-state index in [0.717, 1.165) is 32.0 Å². The van der Waals surface area contributed by atoms with Crippen molar-refractivity contribution in [1.82, 2.24) is 4.98 Å². The molecule has 1 aromatic carbocycles. The van der Waals surface area contributed by atoms with Crippen LogP contribution in [-0.2, 0) is 9.53 Å². The molecular weight excluding hydrogens is 330 g/mol. The molecule has 0 saturated carbocycles. The fourth-order valence-electron chi connectivity index (χ4n) is 2.75. The first-order valence-electron chi connectivity index (χ1n) is 8.93. The maximum absolute atomic E-state index is 12.0. The van der Waals surface area contributed by atoms with Gasteiger partial charge in [0.25, 0.3) is 5.91 Å². The van der Waals surface area contributed by atoms with Crippen LogP contribution >= 0.6 is 0 Å². The van der Waals surface area contributed by atoms with E-state index in [9.17, 15) is 4.79 Å². The molecule has 2 heterocycles. The molecule has 0 radical (unpaired) electrons. The van der Waals surface area contributed by atoms with Crippen molar-refractivity contribution in [2.24, 2.45) is 0 Å². The lowest BCUT2D eigenvalue weighted by Gasteiger charge is -2.28. The van der Waals surface area contributed by atoms with Gasteiger partial charge in [0.2, 0.25) is 0 Å². The number of anilines is 2. The summed E-state index contributed by atoms with van der Waals surface area (Å²) in [7, 11) is 0. The predicted octanol–water partition coefficient (Wildman–Crippen LogP) is 3.06. The SMILES string of the molecule is CC(C)c1ccc(OCC(=O)Nc2ccc(N3CCOCC3)cn2)cc1. The van der Waals surface area contributed by atoms with Crippen molar-refractivity contribution >= 4 is 17.4 Å². The van der Waals surface area contributed by atoms with E-state index in [0.29, 0.717) is 17.5 Å². The molecule has 1 aliphatic heterocycles. The molecule has 1 aliphatic rings. The molecule has 3 rings (SSSR count). The first-order chi connectivity index (χ1) is 12.6. The molecule has 0 spiro atoms. The van der Waals surface area contributed by atoms with Crippen LogP contribution in [0.5, 0.6) is 5.75 Å². The van der Waals surface area contributed by atoms with E-state index < -0.39 is 0 Å². The van der Waals surface area contributed by atoms with Crippen LogP contribution in [0.3, 0.4) is 0 Å². The highest BCUT2D eigenvalue weighted by Gasteiger charge is 2.12. The van der Waals surface area contributed by atoms with Crippen molar-refractivity contribution in [3.8, 4) is 5.75 Å². The Balaban J connectivity index is 1.48. The van der Waals surface area contributed by atoms with Gasteiger partial charge < -0.3 is 19.7 Å². The summed E-state index contributed by atoms with van der Waals surface area (Å²) in [6.07, 6.45) is 1.77. The molecule has 2 aromatic rings. The molecule has 0 bridgehead atoms. The molecule has 1 amide bonds. The topological polar surface area (TPSA) is 63.7 Å². The minimum absolute atomic E-state index is 0.0477. The van der Waals surface area contributed by atoms with Gasteiger partial charge in [-0.1, -0.05) is 26.0 Å². The normalized spacial score (nSPS) is 14.3. The van der Waals surface area contributed by atoms with Crippen LogP contribution in [0, 0.1) is 0 Å². The van der Waals surface area contributed by atoms with Gasteiger partial charge in [0.1, 0.15) is 11.6 Å². The van der Waals surface area contributed by atoms with Crippen molar-refractivity contribution in [3.63, 3.8) is 0 Å². The molecule has 26 heavy (non-hydrogen) atoms. The number of hydrogen-bond acceptors (Lipinski definition) is 5. The van der Waals surface area contributed by atoms with Crippen molar-refractivity contribution < 1.29 is 14.3 Å². The molecule has 6 heteroatoms. The van der Waals surface area contributed by atoms with E-state index in [4.69, 9.17) is 9.47 Å². The summed E-state index contributed by atoms with van der Waals surface area (Å²) >= 11 is 0. The van der Waals surface area contributed by atoms with Gasteiger partial charge in [-0.3, -0.25) is 4.79 Å². The summed E-state index contributed by atoms with van der Waals surface area (Å²) in [5.74, 6) is 1.44. The van der Waals surface area contributed by atoms with Gasteiger partial charge in [-0.05, 0) is 35.7 Å². The Morgan fingerprint density at radius 2 is 1.92 bits per heavy atom. The van der Waals surface area contributed by atoms with Crippen LogP contribution in [0.15, 0.2) is 42.6 Å². The van der Waals surface area contributed by atoms with Gasteiger partial charge >= 0.3 is 0 Å². The number of pyridine rings is 1. The Hall–Kier alpha value is -2.60. The van der Waals surface area contributed by atoms with Gasteiger partial charge in [-0.15, -0.1) is 0 Å². The zero-order chi connectivity index (χ0) is 18.4. The average Bonchev–Trinajstić information content (AvgIpc) is 2.68. The van der Waals surface area contributed by atoms with Gasteiger partial charge in [-0.2, -0.15) is 0 Å². The number of ether oxygens (including phenoxy) is 2. The minimum atomic E-state index is -0.232. The highest BCUT2D eigenvalue weighted by atomic mass is 16.5. The Bertz CT molecular complexity index is 708. The quantitative estimate of drug-likeness (QED) is 0.863. The van der Waals surface area contributed by atoms with Crippen molar-refractivity contribution in [2.75, 3.05) is 43.1 Å². The molecule has 6 nitrogen and oxygen atoms in total. The van der Waals surface area contributed by atoms with E-state index in [1.807, 2.05) is 30.3 Å². The number of amides is 1. The first-order valence-corrected chi connectivity index (χ1v) is 8.93. The Morgan fingerprint density at radius 1 is 1.19 bits per heavy atom. The molecule has 138 valence electrons. The first kappa shape index (κ1) is 18.2. The Labute approximate surface area is 154 Å². The van der Waals surface area contributed by atoms with E-state index in [2.05, 4.69) is 29.0 Å². The fourth-order valence-corrected chi connectivity index (χ4v) is 2.75. The van der Waals surface area contributed by atoms with Crippen LogP contribution < -0.4 is 15.0 Å². The molecule has 0 aliphatic carbocycles. The van der Waals surface area contributed by atoms with E-state index >= 15 is 0 Å². The number of morpholine rings is 1. The largest absolute Gasteiger partial charge is 0.484 e. The third kappa shape index (κ3) is 4.95.